The van der Waals surface area contributed by atoms with E-state index in [1.807, 2.05) is 56.4 Å². The van der Waals surface area contributed by atoms with Gasteiger partial charge in [-0.25, -0.2) is 4.98 Å². The Hall–Kier alpha value is -3.61. The second-order valence-corrected chi connectivity index (χ2v) is 7.09. The summed E-state index contributed by atoms with van der Waals surface area (Å²) in [5.41, 5.74) is 2.97. The minimum absolute atomic E-state index is 0.0804. The van der Waals surface area contributed by atoms with E-state index in [2.05, 4.69) is 10.3 Å². The van der Waals surface area contributed by atoms with E-state index in [0.29, 0.717) is 17.2 Å². The number of pyridine rings is 1. The van der Waals surface area contributed by atoms with Crippen LogP contribution in [0.1, 0.15) is 27.0 Å². The quantitative estimate of drug-likeness (QED) is 0.459. The summed E-state index contributed by atoms with van der Waals surface area (Å²) in [7, 11) is 0. The van der Waals surface area contributed by atoms with Crippen molar-refractivity contribution < 1.29 is 18.0 Å². The van der Waals surface area contributed by atoms with Crippen LogP contribution < -0.4 is 5.32 Å². The number of rotatable bonds is 3. The Morgan fingerprint density at radius 3 is 2.50 bits per heavy atom. The molecule has 0 aliphatic heterocycles. The van der Waals surface area contributed by atoms with Crippen LogP contribution in [-0.4, -0.2) is 15.3 Å². The van der Waals surface area contributed by atoms with Gasteiger partial charge in [-0.15, -0.1) is 0 Å². The molecule has 0 unspecified atom stereocenters. The van der Waals surface area contributed by atoms with Crippen LogP contribution in [0.25, 0.3) is 16.9 Å². The molecule has 4 rings (SSSR count). The Balaban J connectivity index is 1.82. The molecule has 0 aliphatic carbocycles. The van der Waals surface area contributed by atoms with Crippen LogP contribution in [0.2, 0.25) is 0 Å². The number of anilines is 1. The van der Waals surface area contributed by atoms with Crippen molar-refractivity contribution in [1.29, 1.82) is 0 Å². The van der Waals surface area contributed by atoms with Crippen molar-refractivity contribution in [2.75, 3.05) is 5.32 Å². The van der Waals surface area contributed by atoms with Crippen LogP contribution in [0, 0.1) is 13.8 Å². The normalized spacial score (nSPS) is 11.6. The summed E-state index contributed by atoms with van der Waals surface area (Å²) in [5.74, 6) is -0.232. The topological polar surface area (TPSA) is 46.4 Å². The van der Waals surface area contributed by atoms with Gasteiger partial charge >= 0.3 is 6.18 Å². The van der Waals surface area contributed by atoms with Gasteiger partial charge in [0.05, 0.1) is 5.56 Å². The van der Waals surface area contributed by atoms with E-state index in [1.54, 1.807) is 4.40 Å². The number of benzene rings is 2. The van der Waals surface area contributed by atoms with Crippen molar-refractivity contribution >= 4 is 17.4 Å². The van der Waals surface area contributed by atoms with Crippen molar-refractivity contribution in [2.24, 2.45) is 0 Å². The fraction of sp³-hybridized carbons (Fsp3) is 0.130. The van der Waals surface area contributed by atoms with Crippen molar-refractivity contribution in [3.05, 3.63) is 89.1 Å². The Kier molecular flexibility index (Phi) is 4.81. The predicted molar refractivity (Wildman–Crippen MR) is 109 cm³/mol. The molecule has 4 aromatic rings. The molecule has 0 radical (unpaired) electrons. The third-order valence-corrected chi connectivity index (χ3v) is 4.85. The van der Waals surface area contributed by atoms with Crippen LogP contribution >= 0.6 is 0 Å². The average Bonchev–Trinajstić information content (AvgIpc) is 3.05. The van der Waals surface area contributed by atoms with Crippen molar-refractivity contribution in [3.8, 4) is 11.3 Å². The number of carbonyl (C=O) groups is 1. The van der Waals surface area contributed by atoms with Gasteiger partial charge in [-0.3, -0.25) is 9.20 Å². The first kappa shape index (κ1) is 19.7. The summed E-state index contributed by atoms with van der Waals surface area (Å²) in [6.45, 7) is 3.84. The Bertz CT molecular complexity index is 1260. The molecule has 0 atom stereocenters. The fourth-order valence-corrected chi connectivity index (χ4v) is 3.31. The molecular formula is C23H18F3N3O. The maximum Gasteiger partial charge on any atom is 0.416 e. The van der Waals surface area contributed by atoms with Crippen molar-refractivity contribution in [2.45, 2.75) is 20.0 Å². The van der Waals surface area contributed by atoms with E-state index in [9.17, 15) is 18.0 Å². The van der Waals surface area contributed by atoms with Gasteiger partial charge in [0.25, 0.3) is 5.91 Å². The second kappa shape index (κ2) is 7.33. The molecule has 2 heterocycles. The number of hydrogen-bond donors (Lipinski definition) is 1. The van der Waals surface area contributed by atoms with Crippen LogP contribution in [0.4, 0.5) is 19.0 Å². The molecule has 0 bridgehead atoms. The number of imidazole rings is 1. The minimum atomic E-state index is -4.52. The summed E-state index contributed by atoms with van der Waals surface area (Å²) in [6.07, 6.45) is -2.70. The van der Waals surface area contributed by atoms with Gasteiger partial charge in [0.2, 0.25) is 0 Å². The lowest BCUT2D eigenvalue weighted by atomic mass is 10.1. The summed E-state index contributed by atoms with van der Waals surface area (Å²) in [5, 5.41) is 2.78. The molecule has 0 saturated carbocycles. The molecule has 0 spiro atoms. The van der Waals surface area contributed by atoms with Crippen molar-refractivity contribution in [3.63, 3.8) is 0 Å². The zero-order valence-electron chi connectivity index (χ0n) is 16.3. The first-order valence-corrected chi connectivity index (χ1v) is 9.27. The molecule has 30 heavy (non-hydrogen) atoms. The number of nitrogens with zero attached hydrogens (tertiary/aromatic N) is 2. The standard InChI is InChI=1S/C23H18F3N3O/c1-14-10-11-19-27-20(18-9-4-3-6-15(18)2)21(29(19)13-14)28-22(30)16-7-5-8-17(12-16)23(24,25)26/h3-13H,1-2H3,(H,28,30). The van der Waals surface area contributed by atoms with Gasteiger partial charge in [-0.1, -0.05) is 36.4 Å². The lowest BCUT2D eigenvalue weighted by Crippen LogP contribution is -2.15. The molecule has 2 aromatic carbocycles. The molecule has 0 saturated heterocycles. The fourth-order valence-electron chi connectivity index (χ4n) is 3.31. The van der Waals surface area contributed by atoms with Gasteiger partial charge < -0.3 is 5.32 Å². The number of fused-ring (bicyclic) bond motifs is 1. The van der Waals surface area contributed by atoms with E-state index >= 15 is 0 Å². The van der Waals surface area contributed by atoms with E-state index in [1.165, 1.54) is 12.1 Å². The monoisotopic (exact) mass is 409 g/mol. The number of carbonyl (C=O) groups excluding carboxylic acids is 1. The number of aryl methyl sites for hydroxylation is 2. The van der Waals surface area contributed by atoms with E-state index in [0.717, 1.165) is 28.8 Å². The summed E-state index contributed by atoms with van der Waals surface area (Å²) in [6, 6.07) is 15.7. The van der Waals surface area contributed by atoms with Gasteiger partial charge in [0.15, 0.2) is 0 Å². The summed E-state index contributed by atoms with van der Waals surface area (Å²) >= 11 is 0. The average molecular weight is 409 g/mol. The van der Waals surface area contributed by atoms with Crippen LogP contribution in [0.15, 0.2) is 66.9 Å². The Morgan fingerprint density at radius 2 is 1.77 bits per heavy atom. The zero-order chi connectivity index (χ0) is 21.5. The maximum atomic E-state index is 13.0. The summed E-state index contributed by atoms with van der Waals surface area (Å²) < 4.78 is 40.9. The molecular weight excluding hydrogens is 391 g/mol. The molecule has 7 heteroatoms. The van der Waals surface area contributed by atoms with Crippen LogP contribution in [0.3, 0.4) is 0 Å². The first-order valence-electron chi connectivity index (χ1n) is 9.27. The van der Waals surface area contributed by atoms with Crippen molar-refractivity contribution in [1.82, 2.24) is 9.38 Å². The molecule has 1 amide bonds. The minimum Gasteiger partial charge on any atom is -0.306 e. The molecule has 152 valence electrons. The smallest absolute Gasteiger partial charge is 0.306 e. The van der Waals surface area contributed by atoms with E-state index in [-0.39, 0.29) is 5.56 Å². The number of aromatic nitrogens is 2. The molecule has 2 aromatic heterocycles. The van der Waals surface area contributed by atoms with Gasteiger partial charge in [-0.05, 0) is 49.2 Å². The Morgan fingerprint density at radius 1 is 1.00 bits per heavy atom. The summed E-state index contributed by atoms with van der Waals surface area (Å²) in [4.78, 5) is 17.5. The number of hydrogen-bond acceptors (Lipinski definition) is 2. The Labute approximate surface area is 171 Å². The highest BCUT2D eigenvalue weighted by Crippen LogP contribution is 2.33. The number of nitrogens with one attached hydrogen (secondary N) is 1. The lowest BCUT2D eigenvalue weighted by Gasteiger charge is -2.11. The van der Waals surface area contributed by atoms with Crippen LogP contribution in [-0.2, 0) is 6.18 Å². The lowest BCUT2D eigenvalue weighted by molar-refractivity contribution is -0.137. The number of alkyl halides is 3. The third kappa shape index (κ3) is 3.66. The maximum absolute atomic E-state index is 13.0. The highest BCUT2D eigenvalue weighted by atomic mass is 19.4. The second-order valence-electron chi connectivity index (χ2n) is 7.09. The van der Waals surface area contributed by atoms with E-state index in [4.69, 9.17) is 0 Å². The number of halogens is 3. The largest absolute Gasteiger partial charge is 0.416 e. The molecule has 0 fully saturated rings. The first-order chi connectivity index (χ1) is 14.2. The highest BCUT2D eigenvalue weighted by molar-refractivity contribution is 6.06. The van der Waals surface area contributed by atoms with E-state index < -0.39 is 17.6 Å². The third-order valence-electron chi connectivity index (χ3n) is 4.85. The van der Waals surface area contributed by atoms with Gasteiger partial charge in [0.1, 0.15) is 17.2 Å². The number of amides is 1. The van der Waals surface area contributed by atoms with Gasteiger partial charge in [-0.2, -0.15) is 13.2 Å². The molecule has 4 nitrogen and oxygen atoms in total. The molecule has 1 N–H and O–H groups in total. The molecule has 0 aliphatic rings. The van der Waals surface area contributed by atoms with Gasteiger partial charge in [0, 0.05) is 17.3 Å². The van der Waals surface area contributed by atoms with Crippen LogP contribution in [0.5, 0.6) is 0 Å². The zero-order valence-corrected chi connectivity index (χ0v) is 16.3. The SMILES string of the molecule is Cc1ccc2nc(-c3ccccc3C)c(NC(=O)c3cccc(C(F)(F)F)c3)n2c1. The highest BCUT2D eigenvalue weighted by Gasteiger charge is 2.31. The predicted octanol–water partition coefficient (Wildman–Crippen LogP) is 5.89.